The van der Waals surface area contributed by atoms with Crippen molar-refractivity contribution in [2.24, 2.45) is 5.92 Å². The van der Waals surface area contributed by atoms with Crippen molar-refractivity contribution in [1.82, 2.24) is 19.7 Å². The molecule has 0 saturated carbocycles. The summed E-state index contributed by atoms with van der Waals surface area (Å²) >= 11 is 6.15. The molecule has 6 nitrogen and oxygen atoms in total. The monoisotopic (exact) mass is 438 g/mol. The highest BCUT2D eigenvalue weighted by molar-refractivity contribution is 6.77. The van der Waals surface area contributed by atoms with Gasteiger partial charge in [-0.1, -0.05) is 53.1 Å². The van der Waals surface area contributed by atoms with Crippen molar-refractivity contribution < 1.29 is 9.16 Å². The molecule has 2 aromatic heterocycles. The van der Waals surface area contributed by atoms with Crippen LogP contribution in [0.15, 0.2) is 12.4 Å². The molecule has 1 atom stereocenters. The fourth-order valence-corrected chi connectivity index (χ4v) is 10.9. The highest BCUT2D eigenvalue weighted by Crippen LogP contribution is 2.43. The van der Waals surface area contributed by atoms with Gasteiger partial charge in [-0.3, -0.25) is 0 Å². The maximum absolute atomic E-state index is 6.99. The van der Waals surface area contributed by atoms with Crippen LogP contribution in [0.5, 0.6) is 0 Å². The van der Waals surface area contributed by atoms with Gasteiger partial charge >= 0.3 is 0 Å². The van der Waals surface area contributed by atoms with Gasteiger partial charge in [0.2, 0.25) is 0 Å². The van der Waals surface area contributed by atoms with Crippen LogP contribution >= 0.6 is 11.6 Å². The molecule has 0 aromatic carbocycles. The number of rotatable bonds is 8. The first kappa shape index (κ1) is 22.7. The van der Waals surface area contributed by atoms with E-state index >= 15 is 0 Å². The normalized spacial score (nSPS) is 17.7. The van der Waals surface area contributed by atoms with Gasteiger partial charge in [-0.25, -0.2) is 14.6 Å². The van der Waals surface area contributed by atoms with Crippen LogP contribution in [-0.2, 0) is 9.16 Å². The molecule has 0 bridgehead atoms. The molecule has 29 heavy (non-hydrogen) atoms. The summed E-state index contributed by atoms with van der Waals surface area (Å²) in [5, 5.41) is 5.06. The molecule has 3 rings (SSSR count). The molecule has 1 fully saturated rings. The van der Waals surface area contributed by atoms with Crippen LogP contribution in [-0.4, -0.2) is 47.9 Å². The van der Waals surface area contributed by atoms with Gasteiger partial charge in [-0.15, -0.1) is 0 Å². The van der Waals surface area contributed by atoms with Gasteiger partial charge in [0, 0.05) is 13.2 Å². The Kier molecular flexibility index (Phi) is 7.35. The largest absolute Gasteiger partial charge is 0.414 e. The van der Waals surface area contributed by atoms with E-state index in [2.05, 4.69) is 56.6 Å². The summed E-state index contributed by atoms with van der Waals surface area (Å²) in [6.07, 6.45) is 5.36. The molecule has 3 heterocycles. The van der Waals surface area contributed by atoms with E-state index in [0.29, 0.717) is 34.3 Å². The molecule has 0 aliphatic carbocycles. The van der Waals surface area contributed by atoms with Crippen molar-refractivity contribution >= 4 is 31.1 Å². The average Bonchev–Trinajstić information content (AvgIpc) is 3.08. The van der Waals surface area contributed by atoms with Crippen LogP contribution in [0.2, 0.25) is 21.8 Å². The number of halogens is 1. The van der Waals surface area contributed by atoms with E-state index < -0.39 is 8.32 Å². The van der Waals surface area contributed by atoms with Gasteiger partial charge in [0.05, 0.1) is 25.0 Å². The third kappa shape index (κ3) is 4.53. The Morgan fingerprint density at radius 3 is 2.31 bits per heavy atom. The van der Waals surface area contributed by atoms with E-state index in [0.717, 1.165) is 37.2 Å². The number of fused-ring (bicyclic) bond motifs is 1. The van der Waals surface area contributed by atoms with Crippen LogP contribution in [0.1, 0.15) is 60.4 Å². The molecule has 0 radical (unpaired) electrons. The predicted octanol–water partition coefficient (Wildman–Crippen LogP) is 5.64. The Labute approximate surface area is 180 Å². The minimum atomic E-state index is -1.98. The van der Waals surface area contributed by atoms with E-state index in [1.807, 2.05) is 4.68 Å². The minimum absolute atomic E-state index is 0.104. The zero-order valence-corrected chi connectivity index (χ0v) is 20.3. The molecule has 1 aliphatic heterocycles. The van der Waals surface area contributed by atoms with Crippen LogP contribution in [0, 0.1) is 5.92 Å². The summed E-state index contributed by atoms with van der Waals surface area (Å²) in [4.78, 5) is 8.92. The van der Waals surface area contributed by atoms with Crippen LogP contribution in [0.25, 0.3) is 11.2 Å². The molecule has 0 amide bonds. The highest BCUT2D eigenvalue weighted by Gasteiger charge is 2.46. The number of hydrogen-bond acceptors (Lipinski definition) is 5. The van der Waals surface area contributed by atoms with Crippen LogP contribution in [0.3, 0.4) is 0 Å². The molecule has 162 valence electrons. The summed E-state index contributed by atoms with van der Waals surface area (Å²) in [6, 6.07) is 0.104. The van der Waals surface area contributed by atoms with Gasteiger partial charge < -0.3 is 9.16 Å². The number of aromatic nitrogens is 4. The summed E-state index contributed by atoms with van der Waals surface area (Å²) in [6.45, 7) is 16.2. The van der Waals surface area contributed by atoms with E-state index in [1.54, 1.807) is 12.4 Å². The van der Waals surface area contributed by atoms with Crippen molar-refractivity contribution in [2.75, 3.05) is 19.8 Å². The number of nitrogens with zero attached hydrogens (tertiary/aromatic N) is 4. The maximum Gasteiger partial charge on any atom is 0.200 e. The van der Waals surface area contributed by atoms with E-state index in [4.69, 9.17) is 20.8 Å². The molecule has 0 spiro atoms. The lowest BCUT2D eigenvalue weighted by Crippen LogP contribution is -2.49. The summed E-state index contributed by atoms with van der Waals surface area (Å²) in [7, 11) is -1.98. The van der Waals surface area contributed by atoms with Gasteiger partial charge in [0.1, 0.15) is 10.7 Å². The lowest BCUT2D eigenvalue weighted by molar-refractivity contribution is 0.0354. The van der Waals surface area contributed by atoms with Crippen molar-refractivity contribution in [2.45, 2.75) is 77.0 Å². The molecular weight excluding hydrogens is 404 g/mol. The van der Waals surface area contributed by atoms with Crippen molar-refractivity contribution in [1.29, 1.82) is 0 Å². The van der Waals surface area contributed by atoms with Crippen LogP contribution < -0.4 is 0 Å². The Hall–Kier alpha value is -1.02. The average molecular weight is 439 g/mol. The van der Waals surface area contributed by atoms with Gasteiger partial charge in [0.15, 0.2) is 14.0 Å². The first-order valence-electron chi connectivity index (χ1n) is 10.8. The minimum Gasteiger partial charge on any atom is -0.414 e. The molecule has 1 saturated heterocycles. The quantitative estimate of drug-likeness (QED) is 0.499. The maximum atomic E-state index is 6.99. The van der Waals surface area contributed by atoms with Gasteiger partial charge in [-0.2, -0.15) is 5.10 Å². The molecule has 1 unspecified atom stereocenters. The van der Waals surface area contributed by atoms with Crippen molar-refractivity contribution in [3.63, 3.8) is 0 Å². The standard InChI is InChI=1S/C21H35ClN4O2Si/c1-14(2)29(15(3)4,16(5)6)28-13-19(17-7-9-27-10-8-17)26-21-18(11-24-26)23-12-20(22)25-21/h11-12,14-17,19H,7-10,13H2,1-6H3. The molecule has 8 heteroatoms. The molecule has 2 aromatic rings. The second-order valence-electron chi connectivity index (χ2n) is 9.14. The Morgan fingerprint density at radius 1 is 1.10 bits per heavy atom. The first-order chi connectivity index (χ1) is 13.8. The number of ether oxygens (including phenoxy) is 1. The Morgan fingerprint density at radius 2 is 1.72 bits per heavy atom. The van der Waals surface area contributed by atoms with Crippen LogP contribution in [0.4, 0.5) is 0 Å². The van der Waals surface area contributed by atoms with E-state index in [-0.39, 0.29) is 6.04 Å². The summed E-state index contributed by atoms with van der Waals surface area (Å²) < 4.78 is 14.6. The SMILES string of the molecule is CC(C)[Si](OCC(C1CCOCC1)n1ncc2ncc(Cl)nc21)(C(C)C)C(C)C. The van der Waals surface area contributed by atoms with E-state index in [1.165, 1.54) is 0 Å². The van der Waals surface area contributed by atoms with Gasteiger partial charge in [-0.05, 0) is 35.4 Å². The highest BCUT2D eigenvalue weighted by atomic mass is 35.5. The fraction of sp³-hybridized carbons (Fsp3) is 0.762. The molecular formula is C21H35ClN4O2Si. The second kappa shape index (κ2) is 9.41. The fourth-order valence-electron chi connectivity index (χ4n) is 5.28. The number of hydrogen-bond donors (Lipinski definition) is 0. The summed E-state index contributed by atoms with van der Waals surface area (Å²) in [5.41, 5.74) is 3.14. The lowest BCUT2D eigenvalue weighted by Gasteiger charge is -2.43. The first-order valence-corrected chi connectivity index (χ1v) is 13.4. The molecule has 0 N–H and O–H groups in total. The van der Waals surface area contributed by atoms with Gasteiger partial charge in [0.25, 0.3) is 0 Å². The zero-order valence-electron chi connectivity index (χ0n) is 18.6. The zero-order chi connectivity index (χ0) is 21.2. The second-order valence-corrected chi connectivity index (χ2v) is 15.0. The Bertz CT molecular complexity index is 783. The lowest BCUT2D eigenvalue weighted by atomic mass is 9.92. The topological polar surface area (TPSA) is 62.1 Å². The predicted molar refractivity (Wildman–Crippen MR) is 120 cm³/mol. The summed E-state index contributed by atoms with van der Waals surface area (Å²) in [5.74, 6) is 0.436. The smallest absolute Gasteiger partial charge is 0.200 e. The molecule has 1 aliphatic rings. The van der Waals surface area contributed by atoms with E-state index in [9.17, 15) is 0 Å². The third-order valence-corrected chi connectivity index (χ3v) is 12.9. The Balaban J connectivity index is 1.96. The third-order valence-electron chi connectivity index (χ3n) is 6.61. The van der Waals surface area contributed by atoms with Crippen molar-refractivity contribution in [3.8, 4) is 0 Å². The van der Waals surface area contributed by atoms with Crippen molar-refractivity contribution in [3.05, 3.63) is 17.5 Å².